The molecule has 0 bridgehead atoms. The second-order valence-electron chi connectivity index (χ2n) is 4.84. The van der Waals surface area contributed by atoms with Crippen molar-refractivity contribution in [3.8, 4) is 5.75 Å². The predicted octanol–water partition coefficient (Wildman–Crippen LogP) is 1.09. The van der Waals surface area contributed by atoms with Crippen molar-refractivity contribution in [1.29, 1.82) is 0 Å². The summed E-state index contributed by atoms with van der Waals surface area (Å²) in [5.41, 5.74) is 6.52. The third kappa shape index (κ3) is 2.82. The van der Waals surface area contributed by atoms with Gasteiger partial charge in [-0.05, 0) is 37.0 Å². The number of hydrogen-bond donors (Lipinski definition) is 2. The normalized spacial score (nSPS) is 16.1. The van der Waals surface area contributed by atoms with Gasteiger partial charge in [0.05, 0.1) is 12.5 Å². The molecule has 0 radical (unpaired) electrons. The molecule has 1 amide bonds. The molecule has 1 saturated carbocycles. The highest BCUT2D eigenvalue weighted by molar-refractivity contribution is 5.85. The predicted molar refractivity (Wildman–Crippen MR) is 70.4 cm³/mol. The van der Waals surface area contributed by atoms with Gasteiger partial charge in [-0.2, -0.15) is 0 Å². The van der Waals surface area contributed by atoms with Crippen LogP contribution in [0.1, 0.15) is 18.4 Å². The Kier molecular flexibility index (Phi) is 3.87. The highest BCUT2D eigenvalue weighted by Gasteiger charge is 2.48. The Hall–Kier alpha value is -1.55. The van der Waals surface area contributed by atoms with Crippen LogP contribution >= 0.6 is 0 Å². The number of amides is 1. The Morgan fingerprint density at radius 3 is 2.89 bits per heavy atom. The summed E-state index contributed by atoms with van der Waals surface area (Å²) in [6.07, 6.45) is 2.66. The molecule has 1 fully saturated rings. The Bertz CT molecular complexity index is 428. The van der Waals surface area contributed by atoms with Crippen LogP contribution in [0.2, 0.25) is 0 Å². The van der Waals surface area contributed by atoms with Crippen LogP contribution in [-0.2, 0) is 11.2 Å². The minimum absolute atomic E-state index is 0.105. The van der Waals surface area contributed by atoms with Gasteiger partial charge in [0.1, 0.15) is 5.75 Å². The van der Waals surface area contributed by atoms with E-state index in [0.717, 1.165) is 30.6 Å². The molecule has 0 spiro atoms. The summed E-state index contributed by atoms with van der Waals surface area (Å²) in [5.74, 6) is 0.951. The maximum atomic E-state index is 11.9. The molecule has 1 aliphatic rings. The van der Waals surface area contributed by atoms with Gasteiger partial charge in [-0.25, -0.2) is 0 Å². The van der Waals surface area contributed by atoms with E-state index in [4.69, 9.17) is 10.5 Å². The Labute approximate surface area is 108 Å². The van der Waals surface area contributed by atoms with Crippen LogP contribution in [0.15, 0.2) is 24.3 Å². The third-order valence-corrected chi connectivity index (χ3v) is 3.56. The third-order valence-electron chi connectivity index (χ3n) is 3.56. The largest absolute Gasteiger partial charge is 0.497 e. The van der Waals surface area contributed by atoms with Gasteiger partial charge in [0, 0.05) is 13.1 Å². The van der Waals surface area contributed by atoms with E-state index in [9.17, 15) is 4.79 Å². The fourth-order valence-electron chi connectivity index (χ4n) is 2.01. The maximum Gasteiger partial charge on any atom is 0.227 e. The SMILES string of the molecule is COc1cccc(CCNC(=O)C2(CN)CC2)c1. The lowest BCUT2D eigenvalue weighted by Gasteiger charge is -2.12. The lowest BCUT2D eigenvalue weighted by atomic mass is 10.1. The zero-order valence-corrected chi connectivity index (χ0v) is 10.7. The molecule has 0 aliphatic heterocycles. The van der Waals surface area contributed by atoms with Gasteiger partial charge in [0.2, 0.25) is 5.91 Å². The molecule has 4 heteroatoms. The molecule has 4 nitrogen and oxygen atoms in total. The maximum absolute atomic E-state index is 11.9. The topological polar surface area (TPSA) is 64.3 Å². The molecule has 1 aromatic rings. The monoisotopic (exact) mass is 248 g/mol. The lowest BCUT2D eigenvalue weighted by molar-refractivity contribution is -0.125. The molecule has 0 atom stereocenters. The van der Waals surface area contributed by atoms with Gasteiger partial charge in [-0.15, -0.1) is 0 Å². The smallest absolute Gasteiger partial charge is 0.227 e. The van der Waals surface area contributed by atoms with Crippen molar-refractivity contribution in [2.24, 2.45) is 11.1 Å². The molecule has 1 aromatic carbocycles. The van der Waals surface area contributed by atoms with Crippen LogP contribution in [0.25, 0.3) is 0 Å². The second-order valence-corrected chi connectivity index (χ2v) is 4.84. The second kappa shape index (κ2) is 5.40. The van der Waals surface area contributed by atoms with E-state index in [1.807, 2.05) is 24.3 Å². The van der Waals surface area contributed by atoms with Gasteiger partial charge in [0.25, 0.3) is 0 Å². The average molecular weight is 248 g/mol. The van der Waals surface area contributed by atoms with Crippen molar-refractivity contribution in [3.63, 3.8) is 0 Å². The molecular formula is C14H20N2O2. The molecule has 0 aromatic heterocycles. The Morgan fingerprint density at radius 2 is 2.28 bits per heavy atom. The van der Waals surface area contributed by atoms with Crippen molar-refractivity contribution in [2.75, 3.05) is 20.2 Å². The van der Waals surface area contributed by atoms with Gasteiger partial charge in [-0.3, -0.25) is 4.79 Å². The molecule has 3 N–H and O–H groups in total. The summed E-state index contributed by atoms with van der Waals surface area (Å²) in [6, 6.07) is 7.89. The summed E-state index contributed by atoms with van der Waals surface area (Å²) in [4.78, 5) is 11.9. The Balaban J connectivity index is 1.79. The lowest BCUT2D eigenvalue weighted by Crippen LogP contribution is -2.37. The molecule has 0 heterocycles. The molecule has 18 heavy (non-hydrogen) atoms. The molecule has 2 rings (SSSR count). The molecule has 0 unspecified atom stereocenters. The first-order valence-corrected chi connectivity index (χ1v) is 6.31. The van der Waals surface area contributed by atoms with E-state index in [1.54, 1.807) is 7.11 Å². The number of nitrogens with one attached hydrogen (secondary N) is 1. The van der Waals surface area contributed by atoms with Gasteiger partial charge in [-0.1, -0.05) is 12.1 Å². The van der Waals surface area contributed by atoms with Gasteiger partial charge >= 0.3 is 0 Å². The number of carbonyl (C=O) groups excluding carboxylic acids is 1. The molecule has 1 aliphatic carbocycles. The van der Waals surface area contributed by atoms with Crippen molar-refractivity contribution in [1.82, 2.24) is 5.32 Å². The van der Waals surface area contributed by atoms with Gasteiger partial charge in [0.15, 0.2) is 0 Å². The highest BCUT2D eigenvalue weighted by Crippen LogP contribution is 2.44. The fourth-order valence-corrected chi connectivity index (χ4v) is 2.01. The summed E-state index contributed by atoms with van der Waals surface area (Å²) in [6.45, 7) is 1.10. The summed E-state index contributed by atoms with van der Waals surface area (Å²) < 4.78 is 5.16. The first kappa shape index (κ1) is 12.9. The van der Waals surface area contributed by atoms with E-state index in [1.165, 1.54) is 0 Å². The molecular weight excluding hydrogens is 228 g/mol. The first-order valence-electron chi connectivity index (χ1n) is 6.31. The first-order chi connectivity index (χ1) is 8.70. The van der Waals surface area contributed by atoms with Crippen molar-refractivity contribution in [2.45, 2.75) is 19.3 Å². The number of nitrogens with two attached hydrogens (primary N) is 1. The zero-order valence-electron chi connectivity index (χ0n) is 10.7. The summed E-state index contributed by atoms with van der Waals surface area (Å²) in [7, 11) is 1.65. The van der Waals surface area contributed by atoms with Crippen LogP contribution in [-0.4, -0.2) is 26.1 Å². The quantitative estimate of drug-likeness (QED) is 0.792. The van der Waals surface area contributed by atoms with E-state index < -0.39 is 0 Å². The summed E-state index contributed by atoms with van der Waals surface area (Å²) >= 11 is 0. The fraction of sp³-hybridized carbons (Fsp3) is 0.500. The number of ether oxygens (including phenoxy) is 1. The van der Waals surface area contributed by atoms with Crippen LogP contribution in [0.4, 0.5) is 0 Å². The van der Waals surface area contributed by atoms with Gasteiger partial charge < -0.3 is 15.8 Å². The Morgan fingerprint density at radius 1 is 1.50 bits per heavy atom. The van der Waals surface area contributed by atoms with Crippen molar-refractivity contribution in [3.05, 3.63) is 29.8 Å². The number of methoxy groups -OCH3 is 1. The van der Waals surface area contributed by atoms with E-state index in [0.29, 0.717) is 13.1 Å². The van der Waals surface area contributed by atoms with E-state index in [-0.39, 0.29) is 11.3 Å². The average Bonchev–Trinajstić information content (AvgIpc) is 3.20. The number of carbonyl (C=O) groups is 1. The van der Waals surface area contributed by atoms with Crippen LogP contribution in [0.3, 0.4) is 0 Å². The standard InChI is InChI=1S/C14H20N2O2/c1-18-12-4-2-3-11(9-12)5-8-16-13(17)14(10-15)6-7-14/h2-4,9H,5-8,10,15H2,1H3,(H,16,17). The van der Waals surface area contributed by atoms with Crippen LogP contribution < -0.4 is 15.8 Å². The minimum atomic E-state index is -0.256. The van der Waals surface area contributed by atoms with Crippen LogP contribution in [0.5, 0.6) is 5.75 Å². The minimum Gasteiger partial charge on any atom is -0.497 e. The van der Waals surface area contributed by atoms with E-state index in [2.05, 4.69) is 5.32 Å². The number of benzene rings is 1. The van der Waals surface area contributed by atoms with Crippen LogP contribution in [0, 0.1) is 5.41 Å². The summed E-state index contributed by atoms with van der Waals surface area (Å²) in [5, 5.41) is 2.96. The van der Waals surface area contributed by atoms with E-state index >= 15 is 0 Å². The number of hydrogen-bond acceptors (Lipinski definition) is 3. The highest BCUT2D eigenvalue weighted by atomic mass is 16.5. The molecule has 0 saturated heterocycles. The zero-order chi connectivity index (χ0) is 13.0. The molecule has 98 valence electrons. The number of rotatable bonds is 6. The van der Waals surface area contributed by atoms with Crippen molar-refractivity contribution >= 4 is 5.91 Å². The van der Waals surface area contributed by atoms with Crippen molar-refractivity contribution < 1.29 is 9.53 Å².